The summed E-state index contributed by atoms with van der Waals surface area (Å²) < 4.78 is 32.2. The molecule has 1 aliphatic heterocycles. The van der Waals surface area contributed by atoms with Crippen molar-refractivity contribution in [1.29, 1.82) is 0 Å². The van der Waals surface area contributed by atoms with Crippen molar-refractivity contribution in [3.8, 4) is 0 Å². The van der Waals surface area contributed by atoms with Gasteiger partial charge < -0.3 is 9.72 Å². The zero-order valence-electron chi connectivity index (χ0n) is 10.8. The van der Waals surface area contributed by atoms with Gasteiger partial charge in [0.25, 0.3) is 0 Å². The largest absolute Gasteiger partial charge is 0.381 e. The average molecular weight is 286 g/mol. The third-order valence-corrected chi connectivity index (χ3v) is 4.94. The molecular weight excluding hydrogens is 268 g/mol. The molecule has 1 atom stereocenters. The number of sulfonamides is 1. The molecule has 1 aromatic heterocycles. The van der Waals surface area contributed by atoms with Gasteiger partial charge in [0.2, 0.25) is 15.6 Å². The normalized spacial score (nSPS) is 19.2. The molecule has 19 heavy (non-hydrogen) atoms. The molecule has 0 aromatic carbocycles. The summed E-state index contributed by atoms with van der Waals surface area (Å²) in [6, 6.07) is 2.35. The van der Waals surface area contributed by atoms with Crippen molar-refractivity contribution in [2.45, 2.75) is 30.7 Å². The molecule has 106 valence electrons. The van der Waals surface area contributed by atoms with Crippen LogP contribution in [0.25, 0.3) is 0 Å². The van der Waals surface area contributed by atoms with Gasteiger partial charge in [-0.05, 0) is 31.7 Å². The fourth-order valence-corrected chi connectivity index (χ4v) is 3.47. The molecule has 7 heteroatoms. The van der Waals surface area contributed by atoms with Crippen molar-refractivity contribution >= 4 is 10.0 Å². The van der Waals surface area contributed by atoms with E-state index in [0.717, 1.165) is 12.8 Å². The van der Waals surface area contributed by atoms with Crippen LogP contribution in [-0.2, 0) is 14.8 Å². The Labute approximate surface area is 112 Å². The lowest BCUT2D eigenvalue weighted by molar-refractivity contribution is 0.0585. The Morgan fingerprint density at radius 3 is 2.63 bits per heavy atom. The number of hydrogen-bond acceptors (Lipinski definition) is 4. The van der Waals surface area contributed by atoms with E-state index >= 15 is 0 Å². The van der Waals surface area contributed by atoms with E-state index in [9.17, 15) is 13.2 Å². The van der Waals surface area contributed by atoms with Crippen molar-refractivity contribution in [3.05, 3.63) is 28.7 Å². The lowest BCUT2D eigenvalue weighted by atomic mass is 9.94. The lowest BCUT2D eigenvalue weighted by Gasteiger charge is -2.28. The van der Waals surface area contributed by atoms with Crippen LogP contribution < -0.4 is 10.3 Å². The van der Waals surface area contributed by atoms with Gasteiger partial charge in [-0.3, -0.25) is 4.79 Å². The fraction of sp³-hybridized carbons (Fsp3) is 0.583. The first kappa shape index (κ1) is 14.2. The van der Waals surface area contributed by atoms with Crippen molar-refractivity contribution in [2.75, 3.05) is 13.2 Å². The minimum atomic E-state index is -3.59. The van der Waals surface area contributed by atoms with Gasteiger partial charge in [-0.25, -0.2) is 13.1 Å². The second-order valence-electron chi connectivity index (χ2n) is 4.75. The van der Waals surface area contributed by atoms with Crippen molar-refractivity contribution < 1.29 is 13.2 Å². The van der Waals surface area contributed by atoms with E-state index in [4.69, 9.17) is 4.74 Å². The second-order valence-corrected chi connectivity index (χ2v) is 6.46. The number of ether oxygens (including phenoxy) is 1. The maximum atomic E-state index is 12.1. The third kappa shape index (κ3) is 3.65. The molecule has 0 amide bonds. The number of nitrogens with one attached hydrogen (secondary N) is 2. The Hall–Kier alpha value is -1.18. The smallest absolute Gasteiger partial charge is 0.247 e. The molecule has 0 spiro atoms. The first-order chi connectivity index (χ1) is 8.99. The molecule has 0 bridgehead atoms. The van der Waals surface area contributed by atoms with Crippen molar-refractivity contribution in [3.63, 3.8) is 0 Å². The number of pyridine rings is 1. The second kappa shape index (κ2) is 5.85. The van der Waals surface area contributed by atoms with Crippen LogP contribution in [0.5, 0.6) is 0 Å². The molecule has 0 aliphatic carbocycles. The summed E-state index contributed by atoms with van der Waals surface area (Å²) in [6.45, 7) is 3.21. The highest BCUT2D eigenvalue weighted by Crippen LogP contribution is 2.20. The number of hydrogen-bond donors (Lipinski definition) is 2. The SMILES string of the molecule is CC(NS(=O)(=O)c1ccc(=O)[nH]c1)C1CCOCC1. The predicted octanol–water partition coefficient (Wildman–Crippen LogP) is 0.468. The molecule has 2 N–H and O–H groups in total. The van der Waals surface area contributed by atoms with E-state index in [-0.39, 0.29) is 22.4 Å². The number of H-pyrrole nitrogens is 1. The first-order valence-corrected chi connectivity index (χ1v) is 7.76. The fourth-order valence-electron chi connectivity index (χ4n) is 2.19. The molecule has 1 unspecified atom stereocenters. The Morgan fingerprint density at radius 2 is 2.05 bits per heavy atom. The molecule has 2 heterocycles. The van der Waals surface area contributed by atoms with Gasteiger partial charge in [-0.1, -0.05) is 0 Å². The van der Waals surface area contributed by atoms with Gasteiger partial charge in [0, 0.05) is 31.5 Å². The number of aromatic amines is 1. The molecule has 1 aromatic rings. The highest BCUT2D eigenvalue weighted by atomic mass is 32.2. The average Bonchev–Trinajstić information content (AvgIpc) is 2.40. The molecule has 1 fully saturated rings. The summed E-state index contributed by atoms with van der Waals surface area (Å²) >= 11 is 0. The minimum Gasteiger partial charge on any atom is -0.381 e. The Morgan fingerprint density at radius 1 is 1.37 bits per heavy atom. The summed E-state index contributed by atoms with van der Waals surface area (Å²) in [5.41, 5.74) is -0.323. The zero-order valence-corrected chi connectivity index (χ0v) is 11.6. The van der Waals surface area contributed by atoms with Crippen LogP contribution in [0.15, 0.2) is 28.0 Å². The Kier molecular flexibility index (Phi) is 4.38. The summed E-state index contributed by atoms with van der Waals surface area (Å²) in [5, 5.41) is 0. The summed E-state index contributed by atoms with van der Waals surface area (Å²) in [4.78, 5) is 13.4. The molecule has 0 radical (unpaired) electrons. The molecule has 0 saturated carbocycles. The van der Waals surface area contributed by atoms with Gasteiger partial charge in [0.05, 0.1) is 4.90 Å². The standard InChI is InChI=1S/C12H18N2O4S/c1-9(10-4-6-18-7-5-10)14-19(16,17)11-2-3-12(15)13-8-11/h2-3,8-10,14H,4-7H2,1H3,(H,13,15). The van der Waals surface area contributed by atoms with Gasteiger partial charge in [-0.2, -0.15) is 0 Å². The van der Waals surface area contributed by atoms with Crippen LogP contribution in [0.3, 0.4) is 0 Å². The highest BCUT2D eigenvalue weighted by molar-refractivity contribution is 7.89. The van der Waals surface area contributed by atoms with E-state index in [2.05, 4.69) is 9.71 Å². The first-order valence-electron chi connectivity index (χ1n) is 6.28. The quantitative estimate of drug-likeness (QED) is 0.842. The molecule has 2 rings (SSSR count). The van der Waals surface area contributed by atoms with Crippen LogP contribution in [0, 0.1) is 5.92 Å². The monoisotopic (exact) mass is 286 g/mol. The van der Waals surface area contributed by atoms with Gasteiger partial charge in [0.1, 0.15) is 0 Å². The maximum Gasteiger partial charge on any atom is 0.247 e. The zero-order chi connectivity index (χ0) is 13.9. The van der Waals surface area contributed by atoms with E-state index in [1.165, 1.54) is 18.3 Å². The molecular formula is C12H18N2O4S. The van der Waals surface area contributed by atoms with Crippen LogP contribution in [0.2, 0.25) is 0 Å². The van der Waals surface area contributed by atoms with Crippen molar-refractivity contribution in [2.24, 2.45) is 5.92 Å². The lowest BCUT2D eigenvalue weighted by Crippen LogP contribution is -2.40. The highest BCUT2D eigenvalue weighted by Gasteiger charge is 2.25. The van der Waals surface area contributed by atoms with Crippen LogP contribution in [-0.4, -0.2) is 32.7 Å². The van der Waals surface area contributed by atoms with E-state index in [1.54, 1.807) is 0 Å². The van der Waals surface area contributed by atoms with Crippen molar-refractivity contribution in [1.82, 2.24) is 9.71 Å². The summed E-state index contributed by atoms with van der Waals surface area (Å²) in [6.07, 6.45) is 2.92. The van der Waals surface area contributed by atoms with Gasteiger partial charge in [0.15, 0.2) is 0 Å². The Bertz CT molecular complexity index is 555. The van der Waals surface area contributed by atoms with Crippen LogP contribution >= 0.6 is 0 Å². The molecule has 1 aliphatic rings. The molecule has 1 saturated heterocycles. The molecule has 6 nitrogen and oxygen atoms in total. The Balaban J connectivity index is 2.07. The van der Waals surface area contributed by atoms with Crippen LogP contribution in [0.4, 0.5) is 0 Å². The van der Waals surface area contributed by atoms with E-state index in [0.29, 0.717) is 13.2 Å². The summed E-state index contributed by atoms with van der Waals surface area (Å²) in [7, 11) is -3.59. The topological polar surface area (TPSA) is 88.3 Å². The number of rotatable bonds is 4. The predicted molar refractivity (Wildman–Crippen MR) is 70.4 cm³/mol. The van der Waals surface area contributed by atoms with Gasteiger partial charge >= 0.3 is 0 Å². The maximum absolute atomic E-state index is 12.1. The van der Waals surface area contributed by atoms with Crippen LogP contribution in [0.1, 0.15) is 19.8 Å². The van der Waals surface area contributed by atoms with Gasteiger partial charge in [-0.15, -0.1) is 0 Å². The van der Waals surface area contributed by atoms with E-state index in [1.807, 2.05) is 6.92 Å². The minimum absolute atomic E-state index is 0.0750. The summed E-state index contributed by atoms with van der Waals surface area (Å²) in [5.74, 6) is 0.284. The third-order valence-electron chi connectivity index (χ3n) is 3.38. The van der Waals surface area contributed by atoms with E-state index < -0.39 is 10.0 Å². The number of aromatic nitrogens is 1.